The van der Waals surface area contributed by atoms with Gasteiger partial charge in [-0.05, 0) is 20.8 Å². The van der Waals surface area contributed by atoms with E-state index < -0.39 is 0 Å². The Kier molecular flexibility index (Phi) is 4.16. The van der Waals surface area contributed by atoms with Gasteiger partial charge < -0.3 is 9.47 Å². The molecule has 78 valence electrons. The number of hydrogen-bond donors (Lipinski definition) is 0. The van der Waals surface area contributed by atoms with Crippen LogP contribution in [0.15, 0.2) is 0 Å². The summed E-state index contributed by atoms with van der Waals surface area (Å²) < 4.78 is 10.8. The van der Waals surface area contributed by atoms with Crippen LogP contribution in [0.4, 0.5) is 0 Å². The number of morpholine rings is 1. The molecule has 13 heavy (non-hydrogen) atoms. The fourth-order valence-corrected chi connectivity index (χ4v) is 1.78. The maximum absolute atomic E-state index is 5.74. The topological polar surface area (TPSA) is 21.7 Å². The Morgan fingerprint density at radius 1 is 1.46 bits per heavy atom. The Balaban J connectivity index is 2.42. The molecule has 0 N–H and O–H groups in total. The molecular formula is C10H21NO2. The van der Waals surface area contributed by atoms with Gasteiger partial charge in [-0.15, -0.1) is 0 Å². The summed E-state index contributed by atoms with van der Waals surface area (Å²) >= 11 is 0. The molecule has 0 aromatic carbocycles. The van der Waals surface area contributed by atoms with Gasteiger partial charge in [0.1, 0.15) is 0 Å². The average Bonchev–Trinajstić information content (AvgIpc) is 2.03. The Morgan fingerprint density at radius 3 is 2.69 bits per heavy atom. The van der Waals surface area contributed by atoms with Gasteiger partial charge in [-0.3, -0.25) is 4.90 Å². The van der Waals surface area contributed by atoms with Crippen molar-refractivity contribution in [2.45, 2.75) is 39.0 Å². The third-order valence-electron chi connectivity index (χ3n) is 2.44. The smallest absolute Gasteiger partial charge is 0.0939 e. The lowest BCUT2D eigenvalue weighted by atomic mass is 10.2. The highest BCUT2D eigenvalue weighted by molar-refractivity contribution is 4.77. The summed E-state index contributed by atoms with van der Waals surface area (Å²) in [6.07, 6.45) is 0.576. The van der Waals surface area contributed by atoms with Gasteiger partial charge >= 0.3 is 0 Å². The minimum atomic E-state index is 0.246. The number of hydrogen-bond acceptors (Lipinski definition) is 3. The fraction of sp³-hybridized carbons (Fsp3) is 1.00. The molecule has 0 spiro atoms. The summed E-state index contributed by atoms with van der Waals surface area (Å²) in [5.41, 5.74) is 0. The van der Waals surface area contributed by atoms with Gasteiger partial charge in [-0.2, -0.15) is 0 Å². The molecule has 0 saturated carbocycles. The molecule has 1 heterocycles. The van der Waals surface area contributed by atoms with Crippen molar-refractivity contribution < 1.29 is 9.47 Å². The van der Waals surface area contributed by atoms with Crippen LogP contribution in [0.1, 0.15) is 20.8 Å². The van der Waals surface area contributed by atoms with Crippen LogP contribution in [0.2, 0.25) is 0 Å². The Hall–Kier alpha value is -0.120. The van der Waals surface area contributed by atoms with Crippen molar-refractivity contribution in [3.05, 3.63) is 0 Å². The first-order valence-electron chi connectivity index (χ1n) is 5.02. The van der Waals surface area contributed by atoms with Crippen LogP contribution in [0.25, 0.3) is 0 Å². The highest BCUT2D eigenvalue weighted by Gasteiger charge is 2.26. The summed E-state index contributed by atoms with van der Waals surface area (Å²) in [6.45, 7) is 9.31. The molecular weight excluding hydrogens is 166 g/mol. The highest BCUT2D eigenvalue weighted by Crippen LogP contribution is 2.13. The van der Waals surface area contributed by atoms with E-state index in [4.69, 9.17) is 9.47 Å². The van der Waals surface area contributed by atoms with Gasteiger partial charge in [0.25, 0.3) is 0 Å². The lowest BCUT2D eigenvalue weighted by Gasteiger charge is -2.38. The number of nitrogens with zero attached hydrogens (tertiary/aromatic N) is 1. The normalized spacial score (nSPS) is 31.2. The first-order chi connectivity index (χ1) is 6.13. The molecule has 1 aliphatic rings. The highest BCUT2D eigenvalue weighted by atomic mass is 16.5. The molecule has 2 atom stereocenters. The van der Waals surface area contributed by atoms with Gasteiger partial charge in [0.2, 0.25) is 0 Å². The fourth-order valence-electron chi connectivity index (χ4n) is 1.78. The van der Waals surface area contributed by atoms with Crippen LogP contribution in [-0.2, 0) is 9.47 Å². The maximum Gasteiger partial charge on any atom is 0.0939 e. The van der Waals surface area contributed by atoms with Gasteiger partial charge in [-0.25, -0.2) is 0 Å². The average molecular weight is 187 g/mol. The van der Waals surface area contributed by atoms with Crippen molar-refractivity contribution in [1.82, 2.24) is 4.90 Å². The number of ether oxygens (including phenoxy) is 2. The summed E-state index contributed by atoms with van der Waals surface area (Å²) in [5, 5.41) is 0. The predicted octanol–water partition coefficient (Wildman–Crippen LogP) is 1.13. The molecule has 0 aliphatic carbocycles. The van der Waals surface area contributed by atoms with Crippen LogP contribution >= 0.6 is 0 Å². The van der Waals surface area contributed by atoms with Crippen LogP contribution in [-0.4, -0.2) is 50.0 Å². The predicted molar refractivity (Wildman–Crippen MR) is 52.9 cm³/mol. The first kappa shape index (κ1) is 11.0. The van der Waals surface area contributed by atoms with Crippen molar-refractivity contribution in [2.75, 3.05) is 26.8 Å². The molecule has 1 fully saturated rings. The van der Waals surface area contributed by atoms with Gasteiger partial charge in [0.05, 0.1) is 18.8 Å². The number of methoxy groups -OCH3 is 1. The van der Waals surface area contributed by atoms with Crippen LogP contribution in [0.5, 0.6) is 0 Å². The molecule has 0 bridgehead atoms. The maximum atomic E-state index is 5.74. The second-order valence-electron chi connectivity index (χ2n) is 4.07. The zero-order chi connectivity index (χ0) is 9.84. The van der Waals surface area contributed by atoms with E-state index in [9.17, 15) is 0 Å². The Labute approximate surface area is 81.0 Å². The van der Waals surface area contributed by atoms with Crippen molar-refractivity contribution in [3.8, 4) is 0 Å². The number of rotatable bonds is 3. The molecule has 0 aromatic rings. The van der Waals surface area contributed by atoms with Crippen LogP contribution in [0.3, 0.4) is 0 Å². The van der Waals surface area contributed by atoms with Crippen LogP contribution in [0, 0.1) is 0 Å². The molecule has 2 unspecified atom stereocenters. The van der Waals surface area contributed by atoms with Crippen molar-refractivity contribution in [3.63, 3.8) is 0 Å². The lowest BCUT2D eigenvalue weighted by Crippen LogP contribution is -2.50. The SMILES string of the molecule is COCC1CN(C(C)C)CC(C)O1. The monoisotopic (exact) mass is 187 g/mol. The molecule has 3 heteroatoms. The standard InChI is InChI=1S/C10H21NO2/c1-8(2)11-5-9(3)13-10(6-11)7-12-4/h8-10H,5-7H2,1-4H3. The van der Waals surface area contributed by atoms with Crippen molar-refractivity contribution in [1.29, 1.82) is 0 Å². The quantitative estimate of drug-likeness (QED) is 0.661. The van der Waals surface area contributed by atoms with E-state index >= 15 is 0 Å². The largest absolute Gasteiger partial charge is 0.382 e. The molecule has 1 rings (SSSR count). The van der Waals surface area contributed by atoms with Crippen molar-refractivity contribution >= 4 is 0 Å². The van der Waals surface area contributed by atoms with E-state index in [0.717, 1.165) is 13.1 Å². The molecule has 0 amide bonds. The van der Waals surface area contributed by atoms with E-state index in [-0.39, 0.29) is 6.10 Å². The Morgan fingerprint density at radius 2 is 2.15 bits per heavy atom. The van der Waals surface area contributed by atoms with E-state index in [1.807, 2.05) is 0 Å². The molecule has 0 aromatic heterocycles. The van der Waals surface area contributed by atoms with Crippen LogP contribution < -0.4 is 0 Å². The third-order valence-corrected chi connectivity index (χ3v) is 2.44. The van der Waals surface area contributed by atoms with E-state index in [2.05, 4.69) is 25.7 Å². The van der Waals surface area contributed by atoms with E-state index in [0.29, 0.717) is 18.8 Å². The second-order valence-corrected chi connectivity index (χ2v) is 4.07. The van der Waals surface area contributed by atoms with Gasteiger partial charge in [0, 0.05) is 26.2 Å². The molecule has 3 nitrogen and oxygen atoms in total. The summed E-state index contributed by atoms with van der Waals surface area (Å²) in [5.74, 6) is 0. The third kappa shape index (κ3) is 3.25. The second kappa shape index (κ2) is 4.94. The summed E-state index contributed by atoms with van der Waals surface area (Å²) in [4.78, 5) is 2.44. The summed E-state index contributed by atoms with van der Waals surface area (Å²) in [6, 6.07) is 0.603. The summed E-state index contributed by atoms with van der Waals surface area (Å²) in [7, 11) is 1.72. The molecule has 1 saturated heterocycles. The molecule has 1 aliphatic heterocycles. The van der Waals surface area contributed by atoms with Gasteiger partial charge in [-0.1, -0.05) is 0 Å². The molecule has 0 radical (unpaired) electrons. The zero-order valence-corrected chi connectivity index (χ0v) is 9.12. The van der Waals surface area contributed by atoms with Crippen molar-refractivity contribution in [2.24, 2.45) is 0 Å². The van der Waals surface area contributed by atoms with E-state index in [1.165, 1.54) is 0 Å². The van der Waals surface area contributed by atoms with Gasteiger partial charge in [0.15, 0.2) is 0 Å². The van der Waals surface area contributed by atoms with E-state index in [1.54, 1.807) is 7.11 Å². The minimum absolute atomic E-state index is 0.246. The Bertz CT molecular complexity index is 150. The minimum Gasteiger partial charge on any atom is -0.382 e. The first-order valence-corrected chi connectivity index (χ1v) is 5.02. The lowest BCUT2D eigenvalue weighted by molar-refractivity contribution is -0.107. The zero-order valence-electron chi connectivity index (χ0n) is 9.12.